The van der Waals surface area contributed by atoms with Gasteiger partial charge in [0, 0.05) is 31.0 Å². The predicted octanol–water partition coefficient (Wildman–Crippen LogP) is 1.10. The first-order valence-electron chi connectivity index (χ1n) is 8.59. The molecule has 1 N–H and O–H groups in total. The van der Waals surface area contributed by atoms with Crippen LogP contribution in [0.15, 0.2) is 12.5 Å². The van der Waals surface area contributed by atoms with Crippen molar-refractivity contribution in [3.8, 4) is 0 Å². The van der Waals surface area contributed by atoms with Gasteiger partial charge in [0.25, 0.3) is 0 Å². The number of carbonyl (C=O) groups is 1. The lowest BCUT2D eigenvalue weighted by Crippen LogP contribution is -2.72. The molecule has 2 aliphatic carbocycles. The number of fused-ring (bicyclic) bond motifs is 2. The van der Waals surface area contributed by atoms with Gasteiger partial charge in [-0.05, 0) is 33.4 Å². The second kappa shape index (κ2) is 5.31. The summed E-state index contributed by atoms with van der Waals surface area (Å²) in [4.78, 5) is 19.1. The molecule has 23 heavy (non-hydrogen) atoms. The lowest BCUT2D eigenvalue weighted by Gasteiger charge is -2.63. The fraction of sp³-hybridized carbons (Fsp3) is 0.765. The number of aryl methyl sites for hydroxylation is 1. The molecule has 3 aliphatic rings. The number of rotatable bonds is 4. The monoisotopic (exact) mass is 318 g/mol. The van der Waals surface area contributed by atoms with Crippen LogP contribution in [-0.2, 0) is 16.6 Å². The van der Waals surface area contributed by atoms with Crippen molar-refractivity contribution >= 4 is 5.91 Å². The smallest absolute Gasteiger partial charge is 0.243 e. The number of imidazole rings is 1. The maximum atomic E-state index is 13.0. The predicted molar refractivity (Wildman–Crippen MR) is 85.7 cm³/mol. The van der Waals surface area contributed by atoms with Gasteiger partial charge < -0.3 is 14.6 Å². The molecule has 1 aromatic heterocycles. The topological polar surface area (TPSA) is 59.4 Å². The van der Waals surface area contributed by atoms with Crippen LogP contribution in [0, 0.1) is 11.3 Å². The SMILES string of the molecule is CN(C)[C@H](C(=O)N[C@@H]1[C@@H]2CCO[C@@H]2C12CCC2)c1cncn1C. The van der Waals surface area contributed by atoms with Crippen molar-refractivity contribution in [1.29, 1.82) is 0 Å². The quantitative estimate of drug-likeness (QED) is 0.903. The number of ether oxygens (including phenoxy) is 1. The molecule has 0 radical (unpaired) electrons. The van der Waals surface area contributed by atoms with E-state index in [4.69, 9.17) is 4.74 Å². The summed E-state index contributed by atoms with van der Waals surface area (Å²) in [6.45, 7) is 0.849. The van der Waals surface area contributed by atoms with Crippen LogP contribution in [0.2, 0.25) is 0 Å². The van der Waals surface area contributed by atoms with Crippen LogP contribution in [0.3, 0.4) is 0 Å². The van der Waals surface area contributed by atoms with Crippen molar-refractivity contribution in [2.75, 3.05) is 20.7 Å². The molecule has 6 heteroatoms. The largest absolute Gasteiger partial charge is 0.377 e. The van der Waals surface area contributed by atoms with Crippen molar-refractivity contribution < 1.29 is 9.53 Å². The van der Waals surface area contributed by atoms with Gasteiger partial charge in [-0.3, -0.25) is 9.69 Å². The third-order valence-electron chi connectivity index (χ3n) is 6.23. The summed E-state index contributed by atoms with van der Waals surface area (Å²) in [5, 5.41) is 3.38. The van der Waals surface area contributed by atoms with Gasteiger partial charge in [-0.15, -0.1) is 0 Å². The summed E-state index contributed by atoms with van der Waals surface area (Å²) >= 11 is 0. The Morgan fingerprint density at radius 3 is 2.87 bits per heavy atom. The Bertz CT molecular complexity index is 607. The average Bonchev–Trinajstić information content (AvgIpc) is 3.03. The standard InChI is InChI=1S/C17H26N4O2/c1-20(2)13(12-9-18-10-21(12)3)16(22)19-14-11-5-8-23-15(11)17(14)6-4-7-17/h9-11,13-15H,4-8H2,1-3H3,(H,19,22)/t11-,13-,14+,15-/m0/s1. The van der Waals surface area contributed by atoms with Gasteiger partial charge in [-0.1, -0.05) is 6.42 Å². The number of likely N-dealkylation sites (N-methyl/N-ethyl adjacent to an activating group) is 1. The third-order valence-corrected chi connectivity index (χ3v) is 6.23. The number of nitrogens with one attached hydrogen (secondary N) is 1. The zero-order chi connectivity index (χ0) is 16.2. The first kappa shape index (κ1) is 15.1. The van der Waals surface area contributed by atoms with Gasteiger partial charge in [-0.25, -0.2) is 4.98 Å². The van der Waals surface area contributed by atoms with Crippen molar-refractivity contribution in [3.05, 3.63) is 18.2 Å². The van der Waals surface area contributed by atoms with Gasteiger partial charge >= 0.3 is 0 Å². The maximum Gasteiger partial charge on any atom is 0.243 e. The molecule has 1 aromatic rings. The summed E-state index contributed by atoms with van der Waals surface area (Å²) in [6, 6.07) is -0.0204. The lowest BCUT2D eigenvalue weighted by molar-refractivity contribution is -0.180. The van der Waals surface area contributed by atoms with E-state index in [1.807, 2.05) is 30.6 Å². The van der Waals surface area contributed by atoms with Crippen molar-refractivity contribution in [2.24, 2.45) is 18.4 Å². The molecular weight excluding hydrogens is 292 g/mol. The maximum absolute atomic E-state index is 13.0. The van der Waals surface area contributed by atoms with E-state index in [9.17, 15) is 4.79 Å². The molecule has 0 unspecified atom stereocenters. The van der Waals surface area contributed by atoms with E-state index >= 15 is 0 Å². The Balaban J connectivity index is 1.53. The Morgan fingerprint density at radius 2 is 2.30 bits per heavy atom. The highest BCUT2D eigenvalue weighted by atomic mass is 16.5. The summed E-state index contributed by atoms with van der Waals surface area (Å²) in [6.07, 6.45) is 8.64. The van der Waals surface area contributed by atoms with Gasteiger partial charge in [0.15, 0.2) is 0 Å². The molecule has 4 rings (SSSR count). The second-order valence-electron chi connectivity index (χ2n) is 7.61. The molecule has 1 aliphatic heterocycles. The minimum absolute atomic E-state index is 0.0835. The molecule has 0 aromatic carbocycles. The Morgan fingerprint density at radius 1 is 1.52 bits per heavy atom. The first-order valence-corrected chi connectivity index (χ1v) is 8.59. The molecule has 3 fully saturated rings. The number of amides is 1. The number of carbonyl (C=O) groups excluding carboxylic acids is 1. The fourth-order valence-corrected chi connectivity index (χ4v) is 4.95. The molecule has 2 saturated carbocycles. The van der Waals surface area contributed by atoms with Gasteiger partial charge in [0.05, 0.1) is 24.3 Å². The van der Waals surface area contributed by atoms with Crippen LogP contribution in [0.5, 0.6) is 0 Å². The highest BCUT2D eigenvalue weighted by molar-refractivity contribution is 5.83. The van der Waals surface area contributed by atoms with E-state index in [2.05, 4.69) is 10.3 Å². The van der Waals surface area contributed by atoms with E-state index in [0.29, 0.717) is 12.0 Å². The normalized spacial score (nSPS) is 32.3. The fourth-order valence-electron chi connectivity index (χ4n) is 4.95. The van der Waals surface area contributed by atoms with Crippen molar-refractivity contribution in [2.45, 2.75) is 43.9 Å². The minimum atomic E-state index is -0.305. The van der Waals surface area contributed by atoms with E-state index < -0.39 is 0 Å². The summed E-state index contributed by atoms with van der Waals surface area (Å²) in [7, 11) is 5.82. The van der Waals surface area contributed by atoms with Crippen LogP contribution in [-0.4, -0.2) is 53.2 Å². The van der Waals surface area contributed by atoms with E-state index in [1.54, 1.807) is 12.5 Å². The Kier molecular flexibility index (Phi) is 3.50. The van der Waals surface area contributed by atoms with Gasteiger partial charge in [-0.2, -0.15) is 0 Å². The molecule has 126 valence electrons. The van der Waals surface area contributed by atoms with Crippen LogP contribution in [0.1, 0.15) is 37.4 Å². The molecule has 6 nitrogen and oxygen atoms in total. The van der Waals surface area contributed by atoms with Crippen LogP contribution in [0.25, 0.3) is 0 Å². The van der Waals surface area contributed by atoms with Gasteiger partial charge in [0.1, 0.15) is 6.04 Å². The Labute approximate surface area is 137 Å². The highest BCUT2D eigenvalue weighted by Gasteiger charge is 2.67. The molecule has 0 bridgehead atoms. The molecule has 1 spiro atoms. The molecule has 2 heterocycles. The molecule has 4 atom stereocenters. The summed E-state index contributed by atoms with van der Waals surface area (Å²) in [5.41, 5.74) is 1.15. The Hall–Kier alpha value is -1.40. The van der Waals surface area contributed by atoms with Crippen molar-refractivity contribution in [1.82, 2.24) is 19.8 Å². The third kappa shape index (κ3) is 2.08. The minimum Gasteiger partial charge on any atom is -0.377 e. The number of hydrogen-bond acceptors (Lipinski definition) is 4. The van der Waals surface area contributed by atoms with Crippen LogP contribution >= 0.6 is 0 Å². The van der Waals surface area contributed by atoms with Crippen LogP contribution < -0.4 is 5.32 Å². The van der Waals surface area contributed by atoms with Crippen LogP contribution in [0.4, 0.5) is 0 Å². The number of hydrogen-bond donors (Lipinski definition) is 1. The van der Waals surface area contributed by atoms with E-state index in [0.717, 1.165) is 18.7 Å². The molecule has 1 amide bonds. The zero-order valence-electron chi connectivity index (χ0n) is 14.2. The van der Waals surface area contributed by atoms with E-state index in [1.165, 1.54) is 19.3 Å². The lowest BCUT2D eigenvalue weighted by atomic mass is 9.46. The van der Waals surface area contributed by atoms with Crippen molar-refractivity contribution in [3.63, 3.8) is 0 Å². The number of nitrogens with zero attached hydrogens (tertiary/aromatic N) is 3. The highest BCUT2D eigenvalue weighted by Crippen LogP contribution is 2.62. The summed E-state index contributed by atoms with van der Waals surface area (Å²) < 4.78 is 7.87. The zero-order valence-corrected chi connectivity index (χ0v) is 14.2. The van der Waals surface area contributed by atoms with E-state index in [-0.39, 0.29) is 23.4 Å². The average molecular weight is 318 g/mol. The summed E-state index contributed by atoms with van der Waals surface area (Å²) in [5.74, 6) is 0.592. The molecule has 1 saturated heterocycles. The first-order chi connectivity index (χ1) is 11.0. The van der Waals surface area contributed by atoms with Gasteiger partial charge in [0.2, 0.25) is 5.91 Å². The number of aromatic nitrogens is 2. The second-order valence-corrected chi connectivity index (χ2v) is 7.61. The molecular formula is C17H26N4O2.